The molecule has 0 bridgehead atoms. The standard InChI is InChI=1S/C12H13N3O3/c1-7-13-9-4-3-8(5-10(9)14-7)15-11(16)6-12(17)18-2/h3-5H,6H2,1-2H3,(H,13,14)(H,15,16). The maximum Gasteiger partial charge on any atom is 0.315 e. The number of rotatable bonds is 3. The van der Waals surface area contributed by atoms with Crippen molar-refractivity contribution in [1.29, 1.82) is 0 Å². The molecule has 0 saturated carbocycles. The van der Waals surface area contributed by atoms with Gasteiger partial charge in [0.2, 0.25) is 5.91 Å². The number of nitrogens with zero attached hydrogens (tertiary/aromatic N) is 1. The number of aromatic amines is 1. The van der Waals surface area contributed by atoms with Crippen molar-refractivity contribution in [2.45, 2.75) is 13.3 Å². The molecule has 94 valence electrons. The van der Waals surface area contributed by atoms with Gasteiger partial charge in [0.15, 0.2) is 0 Å². The molecule has 1 heterocycles. The topological polar surface area (TPSA) is 84.1 Å². The number of amides is 1. The van der Waals surface area contributed by atoms with Crippen molar-refractivity contribution in [1.82, 2.24) is 9.97 Å². The molecule has 0 fully saturated rings. The molecule has 1 aromatic heterocycles. The number of hydrogen-bond donors (Lipinski definition) is 2. The molecule has 18 heavy (non-hydrogen) atoms. The Bertz CT molecular complexity index is 604. The van der Waals surface area contributed by atoms with Crippen LogP contribution in [0.3, 0.4) is 0 Å². The number of nitrogens with one attached hydrogen (secondary N) is 2. The van der Waals surface area contributed by atoms with E-state index in [9.17, 15) is 9.59 Å². The highest BCUT2D eigenvalue weighted by molar-refractivity contribution is 6.02. The van der Waals surface area contributed by atoms with Gasteiger partial charge in [-0.1, -0.05) is 0 Å². The Hall–Kier alpha value is -2.37. The number of carbonyl (C=O) groups excluding carboxylic acids is 2. The van der Waals surface area contributed by atoms with Crippen molar-refractivity contribution < 1.29 is 14.3 Å². The summed E-state index contributed by atoms with van der Waals surface area (Å²) in [6.45, 7) is 1.86. The first-order valence-electron chi connectivity index (χ1n) is 5.41. The molecule has 2 aromatic rings. The van der Waals surface area contributed by atoms with Crippen LogP contribution >= 0.6 is 0 Å². The second kappa shape index (κ2) is 4.87. The van der Waals surface area contributed by atoms with Gasteiger partial charge >= 0.3 is 5.97 Å². The summed E-state index contributed by atoms with van der Waals surface area (Å²) in [5.74, 6) is -0.161. The second-order valence-electron chi connectivity index (χ2n) is 3.86. The zero-order valence-electron chi connectivity index (χ0n) is 10.1. The lowest BCUT2D eigenvalue weighted by Crippen LogP contribution is -2.17. The minimum atomic E-state index is -0.564. The fourth-order valence-corrected chi connectivity index (χ4v) is 1.62. The monoisotopic (exact) mass is 247 g/mol. The number of methoxy groups -OCH3 is 1. The molecule has 2 rings (SSSR count). The van der Waals surface area contributed by atoms with Gasteiger partial charge in [-0.25, -0.2) is 4.98 Å². The van der Waals surface area contributed by atoms with Crippen LogP contribution in [0.1, 0.15) is 12.2 Å². The Morgan fingerprint density at radius 2 is 2.22 bits per heavy atom. The number of benzene rings is 1. The third-order valence-electron chi connectivity index (χ3n) is 2.42. The van der Waals surface area contributed by atoms with Gasteiger partial charge in [0.05, 0.1) is 18.1 Å². The highest BCUT2D eigenvalue weighted by Crippen LogP contribution is 2.17. The van der Waals surface area contributed by atoms with Crippen LogP contribution in [0.15, 0.2) is 18.2 Å². The summed E-state index contributed by atoms with van der Waals surface area (Å²) in [5, 5.41) is 2.62. The predicted octanol–water partition coefficient (Wildman–Crippen LogP) is 1.37. The number of ether oxygens (including phenoxy) is 1. The summed E-state index contributed by atoms with van der Waals surface area (Å²) in [6.07, 6.45) is -0.295. The van der Waals surface area contributed by atoms with E-state index in [0.717, 1.165) is 16.9 Å². The number of aromatic nitrogens is 2. The zero-order chi connectivity index (χ0) is 13.1. The van der Waals surface area contributed by atoms with Crippen molar-refractivity contribution >= 4 is 28.6 Å². The lowest BCUT2D eigenvalue weighted by Gasteiger charge is -2.04. The van der Waals surface area contributed by atoms with Gasteiger partial charge in [0.25, 0.3) is 0 Å². The molecule has 1 aromatic carbocycles. The van der Waals surface area contributed by atoms with Gasteiger partial charge in [0.1, 0.15) is 12.2 Å². The molecular formula is C12H13N3O3. The maximum atomic E-state index is 11.5. The third-order valence-corrected chi connectivity index (χ3v) is 2.42. The average molecular weight is 247 g/mol. The highest BCUT2D eigenvalue weighted by Gasteiger charge is 2.10. The smallest absolute Gasteiger partial charge is 0.315 e. The predicted molar refractivity (Wildman–Crippen MR) is 66.1 cm³/mol. The van der Waals surface area contributed by atoms with E-state index >= 15 is 0 Å². The fourth-order valence-electron chi connectivity index (χ4n) is 1.62. The normalized spacial score (nSPS) is 10.3. The van der Waals surface area contributed by atoms with Crippen LogP contribution in [-0.4, -0.2) is 29.0 Å². The summed E-state index contributed by atoms with van der Waals surface area (Å²) in [7, 11) is 1.25. The largest absolute Gasteiger partial charge is 0.469 e. The quantitative estimate of drug-likeness (QED) is 0.633. The Labute approximate surface area is 103 Å². The van der Waals surface area contributed by atoms with Gasteiger partial charge in [-0.05, 0) is 25.1 Å². The Kier molecular flexibility index (Phi) is 3.27. The lowest BCUT2D eigenvalue weighted by molar-refractivity contribution is -0.142. The Balaban J connectivity index is 2.11. The van der Waals surface area contributed by atoms with Gasteiger partial charge < -0.3 is 15.0 Å². The van der Waals surface area contributed by atoms with Crippen molar-refractivity contribution in [3.63, 3.8) is 0 Å². The number of carbonyl (C=O) groups is 2. The van der Waals surface area contributed by atoms with Gasteiger partial charge in [-0.3, -0.25) is 9.59 Å². The molecule has 0 unspecified atom stereocenters. The molecule has 6 heteroatoms. The van der Waals surface area contributed by atoms with E-state index in [1.54, 1.807) is 18.2 Å². The van der Waals surface area contributed by atoms with E-state index in [1.807, 2.05) is 6.92 Å². The molecular weight excluding hydrogens is 234 g/mol. The average Bonchev–Trinajstić information content (AvgIpc) is 2.68. The van der Waals surface area contributed by atoms with Crippen LogP contribution in [0.5, 0.6) is 0 Å². The van der Waals surface area contributed by atoms with Gasteiger partial charge in [-0.2, -0.15) is 0 Å². The van der Waals surface area contributed by atoms with E-state index in [4.69, 9.17) is 0 Å². The third kappa shape index (κ3) is 2.65. The van der Waals surface area contributed by atoms with Crippen LogP contribution in [0.2, 0.25) is 0 Å². The molecule has 0 aliphatic heterocycles. The first kappa shape index (κ1) is 12.1. The summed E-state index contributed by atoms with van der Waals surface area (Å²) in [5.41, 5.74) is 2.28. The van der Waals surface area contributed by atoms with Crippen molar-refractivity contribution in [2.75, 3.05) is 12.4 Å². The van der Waals surface area contributed by atoms with Crippen LogP contribution < -0.4 is 5.32 Å². The number of esters is 1. The summed E-state index contributed by atoms with van der Waals surface area (Å²) >= 11 is 0. The molecule has 0 aliphatic carbocycles. The Morgan fingerprint density at radius 3 is 2.94 bits per heavy atom. The molecule has 0 spiro atoms. The first-order valence-corrected chi connectivity index (χ1v) is 5.41. The molecule has 0 radical (unpaired) electrons. The van der Waals surface area contributed by atoms with Gasteiger partial charge in [-0.15, -0.1) is 0 Å². The summed E-state index contributed by atoms with van der Waals surface area (Å²) in [6, 6.07) is 5.30. The number of H-pyrrole nitrogens is 1. The second-order valence-corrected chi connectivity index (χ2v) is 3.86. The molecule has 1 amide bonds. The molecule has 6 nitrogen and oxygen atoms in total. The van der Waals surface area contributed by atoms with Crippen LogP contribution in [0.4, 0.5) is 5.69 Å². The lowest BCUT2D eigenvalue weighted by atomic mass is 10.2. The minimum absolute atomic E-state index is 0.295. The van der Waals surface area contributed by atoms with Gasteiger partial charge in [0, 0.05) is 5.69 Å². The number of imidazole rings is 1. The SMILES string of the molecule is COC(=O)CC(=O)Nc1ccc2nc(C)[nH]c2c1. The van der Waals surface area contributed by atoms with E-state index in [2.05, 4.69) is 20.0 Å². The zero-order valence-corrected chi connectivity index (χ0v) is 10.1. The van der Waals surface area contributed by atoms with E-state index in [0.29, 0.717) is 5.69 Å². The van der Waals surface area contributed by atoms with E-state index in [1.165, 1.54) is 7.11 Å². The van der Waals surface area contributed by atoms with E-state index < -0.39 is 11.9 Å². The number of anilines is 1. The van der Waals surface area contributed by atoms with Crippen molar-refractivity contribution in [2.24, 2.45) is 0 Å². The highest BCUT2D eigenvalue weighted by atomic mass is 16.5. The molecule has 0 saturated heterocycles. The van der Waals surface area contributed by atoms with E-state index in [-0.39, 0.29) is 6.42 Å². The molecule has 2 N–H and O–H groups in total. The van der Waals surface area contributed by atoms with Crippen LogP contribution in [0.25, 0.3) is 11.0 Å². The number of hydrogen-bond acceptors (Lipinski definition) is 4. The summed E-state index contributed by atoms with van der Waals surface area (Å²) in [4.78, 5) is 29.7. The number of fused-ring (bicyclic) bond motifs is 1. The minimum Gasteiger partial charge on any atom is -0.469 e. The number of aryl methyl sites for hydroxylation is 1. The maximum absolute atomic E-state index is 11.5. The van der Waals surface area contributed by atoms with Crippen molar-refractivity contribution in [3.8, 4) is 0 Å². The Morgan fingerprint density at radius 1 is 1.44 bits per heavy atom. The molecule has 0 aliphatic rings. The van der Waals surface area contributed by atoms with Crippen molar-refractivity contribution in [3.05, 3.63) is 24.0 Å². The van der Waals surface area contributed by atoms with Crippen LogP contribution in [-0.2, 0) is 14.3 Å². The molecule has 0 atom stereocenters. The van der Waals surface area contributed by atoms with Crippen LogP contribution in [0, 0.1) is 6.92 Å². The first-order chi connectivity index (χ1) is 8.58. The fraction of sp³-hybridized carbons (Fsp3) is 0.250. The summed E-state index contributed by atoms with van der Waals surface area (Å²) < 4.78 is 4.42.